The summed E-state index contributed by atoms with van der Waals surface area (Å²) in [5.74, 6) is -3.67. The van der Waals surface area contributed by atoms with Gasteiger partial charge in [0.25, 0.3) is 0 Å². The topological polar surface area (TPSA) is 176 Å². The van der Waals surface area contributed by atoms with Crippen LogP contribution in [-0.4, -0.2) is 87.6 Å². The van der Waals surface area contributed by atoms with Crippen molar-refractivity contribution in [2.24, 2.45) is 5.92 Å². The normalized spacial score (nSPS) is 18.2. The number of likely N-dealkylation sites (tertiary alicyclic amines) is 1. The Morgan fingerprint density at radius 3 is 2.23 bits per heavy atom. The fraction of sp³-hybridized carbons (Fsp3) is 0.588. The Kier molecular flexibility index (Phi) is 13.8. The number of carbonyl (C=O) groups is 6. The maximum Gasteiger partial charge on any atom is 0.326 e. The molecule has 0 bridgehead atoms. The lowest BCUT2D eigenvalue weighted by molar-refractivity contribution is -0.150. The van der Waals surface area contributed by atoms with Crippen LogP contribution < -0.4 is 16.0 Å². The van der Waals surface area contributed by atoms with Gasteiger partial charge in [0.1, 0.15) is 18.1 Å². The molecule has 47 heavy (non-hydrogen) atoms. The number of carboxylic acids is 1. The summed E-state index contributed by atoms with van der Waals surface area (Å²) in [4.78, 5) is 79.0. The van der Waals surface area contributed by atoms with Crippen LogP contribution in [0.2, 0.25) is 0 Å². The highest BCUT2D eigenvalue weighted by Gasteiger charge is 2.35. The third-order valence-electron chi connectivity index (χ3n) is 8.49. The summed E-state index contributed by atoms with van der Waals surface area (Å²) in [6, 6.07) is 2.76. The highest BCUT2D eigenvalue weighted by Crippen LogP contribution is 2.24. The van der Waals surface area contributed by atoms with Gasteiger partial charge in [-0.05, 0) is 63.5 Å². The largest absolute Gasteiger partial charge is 0.480 e. The first-order valence-electron chi connectivity index (χ1n) is 16.5. The molecule has 4 amide bonds. The van der Waals surface area contributed by atoms with Crippen molar-refractivity contribution in [3.8, 4) is 0 Å². The summed E-state index contributed by atoms with van der Waals surface area (Å²) >= 11 is 0. The zero-order chi connectivity index (χ0) is 34.7. The maximum atomic E-state index is 13.9. The van der Waals surface area contributed by atoms with Crippen LogP contribution in [-0.2, 0) is 35.1 Å². The van der Waals surface area contributed by atoms with Crippen LogP contribution in [0.5, 0.6) is 0 Å². The molecule has 2 aromatic rings. The number of unbranched alkanes of at least 4 members (excludes halogenated alkanes) is 1. The molecule has 0 saturated carbocycles. The number of piperidine rings is 1. The minimum Gasteiger partial charge on any atom is -0.480 e. The molecule has 1 fully saturated rings. The molecule has 1 aromatic carbocycles. The summed E-state index contributed by atoms with van der Waals surface area (Å²) in [5.41, 5.74) is 1.15. The fourth-order valence-corrected chi connectivity index (χ4v) is 6.01. The highest BCUT2D eigenvalue weighted by atomic mass is 16.5. The number of aromatic nitrogens is 1. The van der Waals surface area contributed by atoms with Crippen LogP contribution in [0.1, 0.15) is 85.1 Å². The molecule has 1 aliphatic rings. The molecule has 5 unspecified atom stereocenters. The number of carbonyl (C=O) groups excluding carboxylic acids is 5. The predicted molar refractivity (Wildman–Crippen MR) is 176 cm³/mol. The number of ether oxygens (including phenoxy) is 1. The van der Waals surface area contributed by atoms with Gasteiger partial charge in [0.15, 0.2) is 0 Å². The molecule has 3 rings (SSSR count). The molecule has 0 radical (unpaired) electrons. The first-order valence-corrected chi connectivity index (χ1v) is 16.5. The number of nitrogens with one attached hydrogen (secondary N) is 3. The second kappa shape index (κ2) is 17.5. The first kappa shape index (κ1) is 37.0. The summed E-state index contributed by atoms with van der Waals surface area (Å²) in [7, 11) is 0. The fourth-order valence-electron chi connectivity index (χ4n) is 6.01. The van der Waals surface area contributed by atoms with Gasteiger partial charge in [-0.3, -0.25) is 23.7 Å². The Hall–Kier alpha value is -4.42. The Bertz CT molecular complexity index is 1410. The third-order valence-corrected chi connectivity index (χ3v) is 8.49. The van der Waals surface area contributed by atoms with Crippen molar-refractivity contribution in [2.45, 2.75) is 116 Å². The van der Waals surface area contributed by atoms with E-state index in [4.69, 9.17) is 4.74 Å². The number of para-hydroxylation sites is 1. The van der Waals surface area contributed by atoms with Gasteiger partial charge in [0.05, 0.1) is 18.5 Å². The number of benzene rings is 1. The lowest BCUT2D eigenvalue weighted by Crippen LogP contribution is -2.59. The van der Waals surface area contributed by atoms with E-state index in [2.05, 4.69) is 16.0 Å². The van der Waals surface area contributed by atoms with Crippen LogP contribution in [0.25, 0.3) is 10.9 Å². The van der Waals surface area contributed by atoms with E-state index < -0.39 is 48.3 Å². The molecule has 258 valence electrons. The molecule has 1 aromatic heterocycles. The van der Waals surface area contributed by atoms with E-state index in [0.29, 0.717) is 29.3 Å². The van der Waals surface area contributed by atoms with Gasteiger partial charge in [0, 0.05) is 30.1 Å². The van der Waals surface area contributed by atoms with E-state index in [-0.39, 0.29) is 43.5 Å². The second-order valence-electron chi connectivity index (χ2n) is 12.8. The number of urea groups is 1. The Morgan fingerprint density at radius 2 is 1.62 bits per heavy atom. The van der Waals surface area contributed by atoms with Crippen molar-refractivity contribution >= 4 is 47.1 Å². The smallest absolute Gasteiger partial charge is 0.326 e. The molecule has 0 aliphatic carbocycles. The Morgan fingerprint density at radius 1 is 0.979 bits per heavy atom. The van der Waals surface area contributed by atoms with Crippen LogP contribution in [0.3, 0.4) is 0 Å². The molecular weight excluding hydrogens is 606 g/mol. The van der Waals surface area contributed by atoms with Crippen molar-refractivity contribution in [3.05, 3.63) is 36.0 Å². The van der Waals surface area contributed by atoms with Crippen molar-refractivity contribution < 1.29 is 38.6 Å². The Labute approximate surface area is 275 Å². The Balaban J connectivity index is 1.89. The van der Waals surface area contributed by atoms with E-state index in [9.17, 15) is 33.9 Å². The van der Waals surface area contributed by atoms with Crippen molar-refractivity contribution in [3.63, 3.8) is 0 Å². The van der Waals surface area contributed by atoms with Crippen LogP contribution in [0, 0.1) is 5.92 Å². The third kappa shape index (κ3) is 10.3. The average Bonchev–Trinajstić information content (AvgIpc) is 3.37. The number of nitrogens with zero attached hydrogens (tertiary/aromatic N) is 2. The predicted octanol–water partition coefficient (Wildman–Crippen LogP) is 3.40. The number of hydrogen-bond donors (Lipinski definition) is 4. The van der Waals surface area contributed by atoms with Crippen molar-refractivity contribution in [2.75, 3.05) is 6.61 Å². The van der Waals surface area contributed by atoms with E-state index in [0.717, 1.165) is 25.7 Å². The highest BCUT2D eigenvalue weighted by molar-refractivity contribution is 5.95. The van der Waals surface area contributed by atoms with Gasteiger partial charge in [0.2, 0.25) is 18.2 Å². The van der Waals surface area contributed by atoms with E-state index in [1.807, 2.05) is 34.6 Å². The van der Waals surface area contributed by atoms with E-state index in [1.165, 1.54) is 4.57 Å². The summed E-state index contributed by atoms with van der Waals surface area (Å²) < 4.78 is 6.45. The number of amides is 4. The van der Waals surface area contributed by atoms with Gasteiger partial charge < -0.3 is 30.7 Å². The van der Waals surface area contributed by atoms with Crippen LogP contribution >= 0.6 is 0 Å². The molecule has 1 saturated heterocycles. The molecule has 5 atom stereocenters. The zero-order valence-electron chi connectivity index (χ0n) is 28.0. The molecule has 13 nitrogen and oxygen atoms in total. The first-order chi connectivity index (χ1) is 22.4. The number of esters is 1. The van der Waals surface area contributed by atoms with Crippen LogP contribution in [0.15, 0.2) is 30.5 Å². The van der Waals surface area contributed by atoms with E-state index >= 15 is 0 Å². The van der Waals surface area contributed by atoms with Crippen LogP contribution in [0.4, 0.5) is 4.79 Å². The second-order valence-corrected chi connectivity index (χ2v) is 12.8. The maximum absolute atomic E-state index is 13.9. The van der Waals surface area contributed by atoms with Gasteiger partial charge in [-0.25, -0.2) is 9.59 Å². The molecule has 4 N–H and O–H groups in total. The van der Waals surface area contributed by atoms with Gasteiger partial charge in [-0.1, -0.05) is 45.4 Å². The number of rotatable bonds is 16. The quantitative estimate of drug-likeness (QED) is 0.121. The van der Waals surface area contributed by atoms with Gasteiger partial charge in [-0.2, -0.15) is 0 Å². The molecule has 0 spiro atoms. The monoisotopic (exact) mass is 655 g/mol. The number of fused-ring (bicyclic) bond motifs is 1. The molecule has 13 heteroatoms. The average molecular weight is 656 g/mol. The lowest BCUT2D eigenvalue weighted by Gasteiger charge is -2.39. The number of carboxylic acid groups (broad SMARTS) is 1. The molecule has 2 heterocycles. The standard InChI is InChI=1S/C34H49N5O8/c1-6-7-15-47-30(41)18-28(33(44)45)36-32(43)27(17-24-19-38(20-40)29-14-9-8-13-25(24)29)35-31(42)26(16-21(2)3)37-34(46)39-22(4)11-10-12-23(39)5/h8-9,13-14,19-23,26-28H,6-7,10-12,15-18H2,1-5H3,(H,35,42)(H,36,43)(H,37,46)(H,44,45). The SMILES string of the molecule is CCCCOC(=O)CC(NC(=O)C(Cc1cn(C=O)c2ccccc12)NC(=O)C(CC(C)C)NC(=O)N1C(C)CCCC1C)C(=O)O. The summed E-state index contributed by atoms with van der Waals surface area (Å²) in [5, 5.41) is 18.5. The minimum absolute atomic E-state index is 0.00297. The van der Waals surface area contributed by atoms with Crippen molar-refractivity contribution in [1.82, 2.24) is 25.4 Å². The van der Waals surface area contributed by atoms with Gasteiger partial charge >= 0.3 is 18.0 Å². The lowest BCUT2D eigenvalue weighted by atomic mass is 9.97. The summed E-state index contributed by atoms with van der Waals surface area (Å²) in [6.07, 6.45) is 5.87. The van der Waals surface area contributed by atoms with Crippen molar-refractivity contribution in [1.29, 1.82) is 0 Å². The van der Waals surface area contributed by atoms with Gasteiger partial charge in [-0.15, -0.1) is 0 Å². The zero-order valence-corrected chi connectivity index (χ0v) is 28.0. The minimum atomic E-state index is -1.61. The number of aliphatic carboxylic acids is 1. The molecular formula is C34H49N5O8. The van der Waals surface area contributed by atoms with E-state index in [1.54, 1.807) is 35.4 Å². The summed E-state index contributed by atoms with van der Waals surface area (Å²) in [6.45, 7) is 9.82. The number of hydrogen-bond acceptors (Lipinski definition) is 7. The molecule has 1 aliphatic heterocycles.